The van der Waals surface area contributed by atoms with Gasteiger partial charge in [-0.15, -0.1) is 0 Å². The first kappa shape index (κ1) is 22.0. The van der Waals surface area contributed by atoms with Gasteiger partial charge in [0.15, 0.2) is 5.78 Å². The molecule has 0 atom stereocenters. The molecule has 1 aliphatic rings. The number of carboxylic acids is 2. The molecule has 6 nitrogen and oxygen atoms in total. The highest BCUT2D eigenvalue weighted by atomic mass is 16.5. The smallest absolute Gasteiger partial charge is 0.336 e. The zero-order valence-electron chi connectivity index (χ0n) is 17.8. The quantitative estimate of drug-likeness (QED) is 0.214. The van der Waals surface area contributed by atoms with Crippen LogP contribution >= 0.6 is 0 Å². The van der Waals surface area contributed by atoms with Gasteiger partial charge < -0.3 is 14.9 Å². The number of hydrogen-bond acceptors (Lipinski definition) is 4. The summed E-state index contributed by atoms with van der Waals surface area (Å²) in [5, 5.41) is 19.1. The van der Waals surface area contributed by atoms with Crippen LogP contribution in [0, 0.1) is 0 Å². The Morgan fingerprint density at radius 2 is 1.64 bits per heavy atom. The first-order chi connectivity index (χ1) is 15.9. The van der Waals surface area contributed by atoms with Gasteiger partial charge >= 0.3 is 11.9 Å². The molecule has 0 saturated carbocycles. The Morgan fingerprint density at radius 3 is 2.36 bits per heavy atom. The molecule has 166 valence electrons. The molecule has 0 spiro atoms. The number of ketones is 1. The molecule has 6 heteroatoms. The molecule has 0 unspecified atom stereocenters. The Labute approximate surface area is 190 Å². The molecule has 0 aliphatic heterocycles. The number of ether oxygens (including phenoxy) is 1. The summed E-state index contributed by atoms with van der Waals surface area (Å²) in [5.41, 5.74) is 4.30. The van der Waals surface area contributed by atoms with Crippen molar-refractivity contribution in [2.45, 2.75) is 19.3 Å². The maximum Gasteiger partial charge on any atom is 0.336 e. The first-order valence-corrected chi connectivity index (χ1v) is 10.5. The first-order valence-electron chi connectivity index (χ1n) is 10.5. The summed E-state index contributed by atoms with van der Waals surface area (Å²) in [6.45, 7) is 3.74. The van der Waals surface area contributed by atoms with Crippen LogP contribution < -0.4 is 4.74 Å². The van der Waals surface area contributed by atoms with E-state index in [4.69, 9.17) is 4.74 Å². The minimum absolute atomic E-state index is 0.142. The van der Waals surface area contributed by atoms with Crippen molar-refractivity contribution in [2.75, 3.05) is 6.61 Å². The predicted octanol–water partition coefficient (Wildman–Crippen LogP) is 5.03. The van der Waals surface area contributed by atoms with Crippen LogP contribution in [0.3, 0.4) is 0 Å². The minimum atomic E-state index is -1.39. The van der Waals surface area contributed by atoms with Gasteiger partial charge in [0.25, 0.3) is 0 Å². The number of allylic oxidation sites excluding steroid dienone is 1. The van der Waals surface area contributed by atoms with E-state index in [0.717, 1.165) is 35.4 Å². The van der Waals surface area contributed by atoms with E-state index in [9.17, 15) is 24.6 Å². The van der Waals surface area contributed by atoms with Crippen molar-refractivity contribution in [2.24, 2.45) is 0 Å². The van der Waals surface area contributed by atoms with Gasteiger partial charge in [-0.25, -0.2) is 9.59 Å². The molecule has 3 aromatic carbocycles. The van der Waals surface area contributed by atoms with Crippen LogP contribution in [0.1, 0.15) is 54.2 Å². The normalized spacial score (nSPS) is 11.4. The van der Waals surface area contributed by atoms with Crippen LogP contribution in [-0.4, -0.2) is 34.5 Å². The van der Waals surface area contributed by atoms with E-state index >= 15 is 0 Å². The van der Waals surface area contributed by atoms with Crippen LogP contribution in [0.2, 0.25) is 0 Å². The molecule has 4 rings (SSSR count). The lowest BCUT2D eigenvalue weighted by Gasteiger charge is -2.15. The van der Waals surface area contributed by atoms with Crippen LogP contribution in [0.25, 0.3) is 11.1 Å². The lowest BCUT2D eigenvalue weighted by Crippen LogP contribution is -2.16. The van der Waals surface area contributed by atoms with Crippen molar-refractivity contribution >= 4 is 17.7 Å². The summed E-state index contributed by atoms with van der Waals surface area (Å²) < 4.78 is 6.04. The molecule has 0 radical (unpaired) electrons. The molecule has 2 N–H and O–H groups in total. The second-order valence-electron chi connectivity index (χ2n) is 7.76. The number of carboxylic acid groups (broad SMARTS) is 2. The number of fused-ring (bicyclic) bond motifs is 3. The van der Waals surface area contributed by atoms with Crippen molar-refractivity contribution < 1.29 is 29.3 Å². The van der Waals surface area contributed by atoms with Crippen LogP contribution in [0.5, 0.6) is 5.75 Å². The zero-order valence-corrected chi connectivity index (χ0v) is 17.8. The monoisotopic (exact) mass is 442 g/mol. The van der Waals surface area contributed by atoms with Gasteiger partial charge in [-0.3, -0.25) is 4.79 Å². The lowest BCUT2D eigenvalue weighted by atomic mass is 9.90. The third-order valence-corrected chi connectivity index (χ3v) is 5.84. The van der Waals surface area contributed by atoms with Crippen molar-refractivity contribution in [1.29, 1.82) is 0 Å². The predicted molar refractivity (Wildman–Crippen MR) is 123 cm³/mol. The summed E-state index contributed by atoms with van der Waals surface area (Å²) in [6, 6.07) is 16.6. The van der Waals surface area contributed by atoms with Gasteiger partial charge in [-0.2, -0.15) is 0 Å². The number of rotatable bonds is 9. The number of carbonyl (C=O) groups excluding carboxylic acids is 1. The highest BCUT2D eigenvalue weighted by Gasteiger charge is 2.25. The van der Waals surface area contributed by atoms with Gasteiger partial charge in [0, 0.05) is 17.5 Å². The summed E-state index contributed by atoms with van der Waals surface area (Å²) >= 11 is 0. The van der Waals surface area contributed by atoms with E-state index in [1.54, 1.807) is 0 Å². The van der Waals surface area contributed by atoms with Crippen LogP contribution in [0.4, 0.5) is 0 Å². The van der Waals surface area contributed by atoms with Gasteiger partial charge in [-0.1, -0.05) is 43.0 Å². The maximum atomic E-state index is 12.3. The lowest BCUT2D eigenvalue weighted by molar-refractivity contribution is 0.0650. The molecule has 1 aliphatic carbocycles. The van der Waals surface area contributed by atoms with E-state index in [1.165, 1.54) is 17.2 Å². The summed E-state index contributed by atoms with van der Waals surface area (Å²) in [4.78, 5) is 35.7. The molecule has 0 aromatic heterocycles. The SMILES string of the molecule is C=CC(=O)c1ccc(C(=O)O)c(C(=O)O)c1CCCOc1cccc2c1Cc1ccccc1-2. The van der Waals surface area contributed by atoms with Crippen molar-refractivity contribution in [3.05, 3.63) is 101 Å². The molecule has 0 heterocycles. The number of benzene rings is 3. The Hall–Kier alpha value is -4.19. The molecule has 3 aromatic rings. The second-order valence-corrected chi connectivity index (χ2v) is 7.76. The fraction of sp³-hybridized carbons (Fsp3) is 0.148. The van der Waals surface area contributed by atoms with E-state index < -0.39 is 17.7 Å². The van der Waals surface area contributed by atoms with Gasteiger partial charge in [0.2, 0.25) is 0 Å². The third-order valence-electron chi connectivity index (χ3n) is 5.84. The Balaban J connectivity index is 1.55. The summed E-state index contributed by atoms with van der Waals surface area (Å²) in [6.07, 6.45) is 2.44. The Kier molecular flexibility index (Phi) is 6.09. The topological polar surface area (TPSA) is 101 Å². The highest BCUT2D eigenvalue weighted by molar-refractivity contribution is 6.10. The van der Waals surface area contributed by atoms with Gasteiger partial charge in [0.05, 0.1) is 17.7 Å². The molecule has 0 bridgehead atoms. The fourth-order valence-corrected chi connectivity index (χ4v) is 4.37. The van der Waals surface area contributed by atoms with Crippen molar-refractivity contribution in [1.82, 2.24) is 0 Å². The Bertz CT molecular complexity index is 1290. The molecule has 0 saturated heterocycles. The third kappa shape index (κ3) is 4.15. The second kappa shape index (κ2) is 9.12. The number of carbonyl (C=O) groups is 3. The largest absolute Gasteiger partial charge is 0.493 e. The number of hydrogen-bond donors (Lipinski definition) is 2. The van der Waals surface area contributed by atoms with Crippen LogP contribution in [-0.2, 0) is 12.8 Å². The van der Waals surface area contributed by atoms with Crippen LogP contribution in [0.15, 0.2) is 67.3 Å². The van der Waals surface area contributed by atoms with E-state index in [1.807, 2.05) is 24.3 Å². The molecule has 0 amide bonds. The summed E-state index contributed by atoms with van der Waals surface area (Å²) in [7, 11) is 0. The van der Waals surface area contributed by atoms with Gasteiger partial charge in [-0.05, 0) is 59.4 Å². The van der Waals surface area contributed by atoms with E-state index in [0.29, 0.717) is 6.42 Å². The molecular weight excluding hydrogens is 420 g/mol. The molecular formula is C27H22O6. The number of aromatic carboxylic acids is 2. The van der Waals surface area contributed by atoms with E-state index in [2.05, 4.69) is 24.8 Å². The summed E-state index contributed by atoms with van der Waals surface area (Å²) in [5.74, 6) is -2.43. The fourth-order valence-electron chi connectivity index (χ4n) is 4.37. The van der Waals surface area contributed by atoms with Crippen molar-refractivity contribution in [3.63, 3.8) is 0 Å². The van der Waals surface area contributed by atoms with E-state index in [-0.39, 0.29) is 35.3 Å². The highest BCUT2D eigenvalue weighted by Crippen LogP contribution is 2.41. The van der Waals surface area contributed by atoms with Gasteiger partial charge in [0.1, 0.15) is 5.75 Å². The average Bonchev–Trinajstić information content (AvgIpc) is 3.20. The van der Waals surface area contributed by atoms with Crippen molar-refractivity contribution in [3.8, 4) is 16.9 Å². The molecule has 0 fully saturated rings. The average molecular weight is 442 g/mol. The zero-order chi connectivity index (χ0) is 23.5. The maximum absolute atomic E-state index is 12.3. The standard InChI is InChI=1S/C27H22O6/c1-2-23(28)19-12-13-21(26(29)30)25(27(31)32)20(19)10-6-14-33-24-11-5-9-18-17-8-4-3-7-16(17)15-22(18)24/h2-5,7-9,11-13H,1,6,10,14-15H2,(H,29,30)(H,31,32). The Morgan fingerprint density at radius 1 is 0.909 bits per heavy atom. The minimum Gasteiger partial charge on any atom is -0.493 e. The molecule has 33 heavy (non-hydrogen) atoms.